The molecule has 0 aliphatic heterocycles. The number of H-pyrrole nitrogens is 1. The number of hydrogen-bond donors (Lipinski definition) is 3. The van der Waals surface area contributed by atoms with Crippen molar-refractivity contribution in [3.63, 3.8) is 0 Å². The Morgan fingerprint density at radius 1 is 1.18 bits per heavy atom. The Morgan fingerprint density at radius 2 is 2.00 bits per heavy atom. The van der Waals surface area contributed by atoms with Crippen LogP contribution < -0.4 is 0 Å². The van der Waals surface area contributed by atoms with Crippen molar-refractivity contribution in [2.75, 3.05) is 0 Å². The number of aromatic amines is 1. The summed E-state index contributed by atoms with van der Waals surface area (Å²) in [6, 6.07) is 8.99. The third-order valence-corrected chi connectivity index (χ3v) is 3.51. The van der Waals surface area contributed by atoms with Crippen molar-refractivity contribution in [2.24, 2.45) is 0 Å². The van der Waals surface area contributed by atoms with E-state index in [0.29, 0.717) is 22.2 Å². The number of aromatic nitrogens is 1. The summed E-state index contributed by atoms with van der Waals surface area (Å²) in [5, 5.41) is 18.8. The lowest BCUT2D eigenvalue weighted by molar-refractivity contribution is -0.136. The van der Waals surface area contributed by atoms with Crippen LogP contribution in [-0.4, -0.2) is 27.1 Å². The summed E-state index contributed by atoms with van der Waals surface area (Å²) in [5.41, 5.74) is 2.01. The van der Waals surface area contributed by atoms with Gasteiger partial charge >= 0.3 is 11.9 Å². The molecular weight excluding hydrogens is 286 g/mol. The average Bonchev–Trinajstić information content (AvgIpc) is 3.12. The van der Waals surface area contributed by atoms with Crippen molar-refractivity contribution in [2.45, 2.75) is 12.8 Å². The summed E-state index contributed by atoms with van der Waals surface area (Å²) in [4.78, 5) is 25.0. The van der Waals surface area contributed by atoms with Gasteiger partial charge in [-0.3, -0.25) is 4.79 Å². The van der Waals surface area contributed by atoms with Crippen LogP contribution in [0.4, 0.5) is 0 Å². The molecule has 3 aromatic rings. The van der Waals surface area contributed by atoms with Gasteiger partial charge < -0.3 is 19.6 Å². The molecule has 6 nitrogen and oxygen atoms in total. The second kappa shape index (κ2) is 5.40. The molecule has 0 radical (unpaired) electrons. The maximum Gasteiger partial charge on any atom is 0.352 e. The van der Waals surface area contributed by atoms with Crippen molar-refractivity contribution >= 4 is 22.8 Å². The van der Waals surface area contributed by atoms with E-state index in [1.807, 2.05) is 12.1 Å². The minimum absolute atomic E-state index is 0.0350. The number of carboxylic acid groups (broad SMARTS) is 2. The minimum atomic E-state index is -1.10. The normalized spacial score (nSPS) is 10.9. The fraction of sp³-hybridized carbons (Fsp3) is 0.125. The summed E-state index contributed by atoms with van der Waals surface area (Å²) in [5.74, 6) is -1.38. The molecule has 1 aromatic carbocycles. The van der Waals surface area contributed by atoms with E-state index >= 15 is 0 Å². The lowest BCUT2D eigenvalue weighted by Gasteiger charge is -2.00. The van der Waals surface area contributed by atoms with Crippen LogP contribution in [0.25, 0.3) is 22.2 Å². The number of aliphatic carboxylic acids is 1. The maximum absolute atomic E-state index is 11.4. The summed E-state index contributed by atoms with van der Waals surface area (Å²) >= 11 is 0. The Balaban J connectivity index is 2.10. The van der Waals surface area contributed by atoms with Gasteiger partial charge in [0.1, 0.15) is 11.5 Å². The van der Waals surface area contributed by atoms with Crippen LogP contribution in [0, 0.1) is 0 Å². The topological polar surface area (TPSA) is 104 Å². The first-order valence-electron chi connectivity index (χ1n) is 6.70. The zero-order valence-corrected chi connectivity index (χ0v) is 11.5. The van der Waals surface area contributed by atoms with Crippen molar-refractivity contribution in [1.29, 1.82) is 0 Å². The van der Waals surface area contributed by atoms with Crippen LogP contribution in [0.15, 0.2) is 41.0 Å². The Kier molecular flexibility index (Phi) is 3.42. The Morgan fingerprint density at radius 3 is 2.64 bits per heavy atom. The van der Waals surface area contributed by atoms with Crippen molar-refractivity contribution < 1.29 is 24.2 Å². The molecule has 0 saturated heterocycles. The van der Waals surface area contributed by atoms with Crippen LogP contribution in [0.2, 0.25) is 0 Å². The smallest absolute Gasteiger partial charge is 0.352 e. The van der Waals surface area contributed by atoms with Gasteiger partial charge in [0, 0.05) is 22.9 Å². The highest BCUT2D eigenvalue weighted by atomic mass is 16.4. The summed E-state index contributed by atoms with van der Waals surface area (Å²) in [7, 11) is 0. The number of fused-ring (bicyclic) bond motifs is 1. The highest BCUT2D eigenvalue weighted by Gasteiger charge is 2.18. The Labute approximate surface area is 125 Å². The number of furan rings is 1. The number of hydrogen-bond acceptors (Lipinski definition) is 3. The SMILES string of the molecule is O=C(O)CCc1c(C(=O)O)[nH]c2cc(-c3ccco3)ccc12. The highest BCUT2D eigenvalue weighted by molar-refractivity contribution is 5.98. The number of carbonyl (C=O) groups is 2. The van der Waals surface area contributed by atoms with Crippen molar-refractivity contribution in [3.05, 3.63) is 47.9 Å². The Hall–Kier alpha value is -3.02. The van der Waals surface area contributed by atoms with Crippen LogP contribution in [0.3, 0.4) is 0 Å². The number of benzene rings is 1. The third-order valence-electron chi connectivity index (χ3n) is 3.51. The molecule has 3 N–H and O–H groups in total. The first-order chi connectivity index (χ1) is 10.6. The van der Waals surface area contributed by atoms with E-state index in [-0.39, 0.29) is 18.5 Å². The molecule has 6 heteroatoms. The molecule has 0 fully saturated rings. The molecule has 0 aliphatic rings. The quantitative estimate of drug-likeness (QED) is 0.671. The number of carboxylic acids is 2. The fourth-order valence-electron chi connectivity index (χ4n) is 2.53. The van der Waals surface area contributed by atoms with E-state index in [1.54, 1.807) is 24.5 Å². The van der Waals surface area contributed by atoms with Gasteiger partial charge in [-0.1, -0.05) is 12.1 Å². The molecular formula is C16H13NO5. The van der Waals surface area contributed by atoms with Gasteiger partial charge in [-0.05, 0) is 30.2 Å². The lowest BCUT2D eigenvalue weighted by atomic mass is 10.0. The Bertz CT molecular complexity index is 845. The fourth-order valence-corrected chi connectivity index (χ4v) is 2.53. The van der Waals surface area contributed by atoms with Gasteiger partial charge in [-0.25, -0.2) is 4.79 Å². The van der Waals surface area contributed by atoms with Gasteiger partial charge in [0.25, 0.3) is 0 Å². The van der Waals surface area contributed by atoms with Gasteiger partial charge in [0.05, 0.1) is 6.26 Å². The average molecular weight is 299 g/mol. The van der Waals surface area contributed by atoms with Crippen LogP contribution in [0.5, 0.6) is 0 Å². The van der Waals surface area contributed by atoms with E-state index in [1.165, 1.54) is 0 Å². The van der Waals surface area contributed by atoms with Crippen LogP contribution in [-0.2, 0) is 11.2 Å². The molecule has 0 amide bonds. The largest absolute Gasteiger partial charge is 0.481 e. The first-order valence-corrected chi connectivity index (χ1v) is 6.70. The minimum Gasteiger partial charge on any atom is -0.481 e. The molecule has 0 spiro atoms. The van der Waals surface area contributed by atoms with E-state index in [2.05, 4.69) is 4.98 Å². The van der Waals surface area contributed by atoms with Gasteiger partial charge in [0.2, 0.25) is 0 Å². The molecule has 0 atom stereocenters. The molecule has 0 unspecified atom stereocenters. The summed E-state index contributed by atoms with van der Waals surface area (Å²) in [6.45, 7) is 0. The molecule has 2 aromatic heterocycles. The van der Waals surface area contributed by atoms with E-state index < -0.39 is 11.9 Å². The van der Waals surface area contributed by atoms with Crippen LogP contribution >= 0.6 is 0 Å². The predicted molar refractivity (Wildman–Crippen MR) is 78.9 cm³/mol. The molecule has 0 aliphatic carbocycles. The molecule has 2 heterocycles. The number of aromatic carboxylic acids is 1. The number of nitrogens with one attached hydrogen (secondary N) is 1. The monoisotopic (exact) mass is 299 g/mol. The second-order valence-electron chi connectivity index (χ2n) is 4.92. The number of rotatable bonds is 5. The van der Waals surface area contributed by atoms with Gasteiger partial charge in [0.15, 0.2) is 0 Å². The zero-order chi connectivity index (χ0) is 15.7. The van der Waals surface area contributed by atoms with Crippen molar-refractivity contribution in [1.82, 2.24) is 4.98 Å². The van der Waals surface area contributed by atoms with E-state index in [9.17, 15) is 14.7 Å². The van der Waals surface area contributed by atoms with Gasteiger partial charge in [-0.2, -0.15) is 0 Å². The van der Waals surface area contributed by atoms with E-state index in [0.717, 1.165) is 5.56 Å². The second-order valence-corrected chi connectivity index (χ2v) is 4.92. The molecule has 112 valence electrons. The zero-order valence-electron chi connectivity index (χ0n) is 11.5. The lowest BCUT2D eigenvalue weighted by Crippen LogP contribution is -2.04. The van der Waals surface area contributed by atoms with Gasteiger partial charge in [-0.15, -0.1) is 0 Å². The summed E-state index contributed by atoms with van der Waals surface area (Å²) in [6.07, 6.45) is 1.61. The highest BCUT2D eigenvalue weighted by Crippen LogP contribution is 2.29. The van der Waals surface area contributed by atoms with Crippen molar-refractivity contribution in [3.8, 4) is 11.3 Å². The predicted octanol–water partition coefficient (Wildman–Crippen LogP) is 3.14. The first kappa shape index (κ1) is 13.9. The summed E-state index contributed by atoms with van der Waals surface area (Å²) < 4.78 is 5.32. The molecule has 0 bridgehead atoms. The molecule has 3 rings (SSSR count). The maximum atomic E-state index is 11.4. The van der Waals surface area contributed by atoms with E-state index in [4.69, 9.17) is 9.52 Å². The third kappa shape index (κ3) is 2.46. The molecule has 22 heavy (non-hydrogen) atoms. The standard InChI is InChI=1S/C16H13NO5/c18-14(19)6-5-11-10-4-3-9(13-2-1-7-22-13)8-12(10)17-15(11)16(20)21/h1-4,7-8,17H,5-6H2,(H,18,19)(H,20,21). The number of aryl methyl sites for hydroxylation is 1. The molecule has 0 saturated carbocycles. The van der Waals surface area contributed by atoms with Crippen LogP contribution in [0.1, 0.15) is 22.5 Å².